The van der Waals surface area contributed by atoms with E-state index in [4.69, 9.17) is 0 Å². The smallest absolute Gasteiger partial charge is 0.232 e. The molecule has 0 radical (unpaired) electrons. The van der Waals surface area contributed by atoms with E-state index in [-0.39, 0.29) is 5.75 Å². The Morgan fingerprint density at radius 3 is 2.59 bits per heavy atom. The molecular formula is C14H22N2O4S2. The van der Waals surface area contributed by atoms with Crippen LogP contribution in [0.15, 0.2) is 18.2 Å². The van der Waals surface area contributed by atoms with Gasteiger partial charge in [0.15, 0.2) is 0 Å². The van der Waals surface area contributed by atoms with Crippen LogP contribution in [0.2, 0.25) is 0 Å². The van der Waals surface area contributed by atoms with Crippen LogP contribution in [0.3, 0.4) is 0 Å². The standard InChI is InChI=1S/C14H22N2O4S2/c1-3-4-10-22(19,20)15-13-8-7-12-6-5-9-16(14(12)11-13)21(2,17)18/h7-8,11,15H,3-6,9-10H2,1-2H3. The first-order valence-corrected chi connectivity index (χ1v) is 10.8. The van der Waals surface area contributed by atoms with Crippen LogP contribution in [0, 0.1) is 0 Å². The van der Waals surface area contributed by atoms with Gasteiger partial charge in [-0.3, -0.25) is 9.03 Å². The quantitative estimate of drug-likeness (QED) is 0.853. The molecule has 124 valence electrons. The van der Waals surface area contributed by atoms with Crippen molar-refractivity contribution in [3.63, 3.8) is 0 Å². The Morgan fingerprint density at radius 2 is 1.95 bits per heavy atom. The Morgan fingerprint density at radius 1 is 1.23 bits per heavy atom. The Labute approximate surface area is 132 Å². The summed E-state index contributed by atoms with van der Waals surface area (Å²) < 4.78 is 51.5. The van der Waals surface area contributed by atoms with Gasteiger partial charge in [0.1, 0.15) is 0 Å². The van der Waals surface area contributed by atoms with E-state index in [1.54, 1.807) is 18.2 Å². The Hall–Kier alpha value is -1.28. The van der Waals surface area contributed by atoms with Crippen LogP contribution in [-0.4, -0.2) is 35.4 Å². The maximum Gasteiger partial charge on any atom is 0.232 e. The summed E-state index contributed by atoms with van der Waals surface area (Å²) in [5.74, 6) is 0.0658. The second-order valence-corrected chi connectivity index (χ2v) is 9.31. The normalized spacial score (nSPS) is 15.5. The number of fused-ring (bicyclic) bond motifs is 1. The summed E-state index contributed by atoms with van der Waals surface area (Å²) in [5, 5.41) is 0. The Kier molecular flexibility index (Phi) is 5.01. The Bertz CT molecular complexity index is 742. The minimum Gasteiger partial charge on any atom is -0.283 e. The van der Waals surface area contributed by atoms with Crippen LogP contribution in [0.1, 0.15) is 31.7 Å². The molecule has 0 amide bonds. The molecule has 0 bridgehead atoms. The van der Waals surface area contributed by atoms with Gasteiger partial charge < -0.3 is 0 Å². The second-order valence-electron chi connectivity index (χ2n) is 5.56. The number of anilines is 2. The number of sulfonamides is 2. The van der Waals surface area contributed by atoms with Crippen molar-refractivity contribution in [2.75, 3.05) is 27.6 Å². The highest BCUT2D eigenvalue weighted by molar-refractivity contribution is 7.92. The van der Waals surface area contributed by atoms with Crippen LogP contribution in [0.5, 0.6) is 0 Å². The predicted octanol–water partition coefficient (Wildman–Crippen LogP) is 1.94. The first kappa shape index (κ1) is 17.1. The molecule has 0 saturated carbocycles. The molecule has 1 N–H and O–H groups in total. The second kappa shape index (κ2) is 6.45. The van der Waals surface area contributed by atoms with Gasteiger partial charge in [0.25, 0.3) is 0 Å². The maximum absolute atomic E-state index is 12.0. The molecule has 8 heteroatoms. The molecule has 2 rings (SSSR count). The molecule has 1 aromatic carbocycles. The molecule has 1 aliphatic heterocycles. The molecule has 6 nitrogen and oxygen atoms in total. The summed E-state index contributed by atoms with van der Waals surface area (Å²) in [6.45, 7) is 2.36. The van der Waals surface area contributed by atoms with E-state index in [1.807, 2.05) is 6.92 Å². The van der Waals surface area contributed by atoms with E-state index < -0.39 is 20.0 Å². The minimum absolute atomic E-state index is 0.0658. The molecule has 0 spiro atoms. The number of unbranched alkanes of at least 4 members (excludes halogenated alkanes) is 1. The summed E-state index contributed by atoms with van der Waals surface area (Å²) in [6.07, 6.45) is 4.12. The topological polar surface area (TPSA) is 83.6 Å². The van der Waals surface area contributed by atoms with Gasteiger partial charge in [0.05, 0.1) is 23.4 Å². The lowest BCUT2D eigenvalue weighted by molar-refractivity contribution is 0.592. The van der Waals surface area contributed by atoms with Crippen LogP contribution >= 0.6 is 0 Å². The van der Waals surface area contributed by atoms with Crippen molar-refractivity contribution in [3.05, 3.63) is 23.8 Å². The highest BCUT2D eigenvalue weighted by atomic mass is 32.2. The van der Waals surface area contributed by atoms with E-state index in [2.05, 4.69) is 4.72 Å². The summed E-state index contributed by atoms with van der Waals surface area (Å²) in [6, 6.07) is 5.09. The van der Waals surface area contributed by atoms with Crippen LogP contribution < -0.4 is 9.03 Å². The molecule has 1 heterocycles. The molecule has 1 aromatic rings. The zero-order valence-electron chi connectivity index (χ0n) is 12.9. The fourth-order valence-electron chi connectivity index (χ4n) is 2.51. The molecular weight excluding hydrogens is 324 g/mol. The van der Waals surface area contributed by atoms with Crippen molar-refractivity contribution in [3.8, 4) is 0 Å². The van der Waals surface area contributed by atoms with Crippen molar-refractivity contribution >= 4 is 31.4 Å². The lowest BCUT2D eigenvalue weighted by atomic mass is 10.0. The summed E-state index contributed by atoms with van der Waals surface area (Å²) in [5.41, 5.74) is 1.91. The van der Waals surface area contributed by atoms with E-state index in [9.17, 15) is 16.8 Å². The lowest BCUT2D eigenvalue weighted by Gasteiger charge is -2.29. The van der Waals surface area contributed by atoms with E-state index >= 15 is 0 Å². The van der Waals surface area contributed by atoms with Gasteiger partial charge >= 0.3 is 0 Å². The van der Waals surface area contributed by atoms with E-state index in [1.165, 1.54) is 10.6 Å². The monoisotopic (exact) mass is 346 g/mol. The van der Waals surface area contributed by atoms with Gasteiger partial charge in [-0.05, 0) is 37.0 Å². The van der Waals surface area contributed by atoms with Crippen LogP contribution in [0.4, 0.5) is 11.4 Å². The van der Waals surface area contributed by atoms with Crippen LogP contribution in [0.25, 0.3) is 0 Å². The fourth-order valence-corrected chi connectivity index (χ4v) is 4.76. The number of aryl methyl sites for hydroxylation is 1. The third-order valence-electron chi connectivity index (χ3n) is 3.60. The molecule has 0 aromatic heterocycles. The predicted molar refractivity (Wildman–Crippen MR) is 89.3 cm³/mol. The third-order valence-corrected chi connectivity index (χ3v) is 6.15. The van der Waals surface area contributed by atoms with Crippen molar-refractivity contribution in [2.24, 2.45) is 0 Å². The van der Waals surface area contributed by atoms with Crippen LogP contribution in [-0.2, 0) is 26.5 Å². The third kappa shape index (κ3) is 4.13. The maximum atomic E-state index is 12.0. The first-order valence-electron chi connectivity index (χ1n) is 7.34. The molecule has 0 aliphatic carbocycles. The molecule has 1 aliphatic rings. The number of hydrogen-bond acceptors (Lipinski definition) is 4. The van der Waals surface area contributed by atoms with Gasteiger partial charge in [0, 0.05) is 6.54 Å². The molecule has 0 unspecified atom stereocenters. The summed E-state index contributed by atoms with van der Waals surface area (Å²) in [4.78, 5) is 0. The molecule has 0 fully saturated rings. The average Bonchev–Trinajstić information content (AvgIpc) is 2.43. The minimum atomic E-state index is -3.39. The Balaban J connectivity index is 2.30. The summed E-state index contributed by atoms with van der Waals surface area (Å²) in [7, 11) is -6.75. The van der Waals surface area contributed by atoms with Gasteiger partial charge in [-0.2, -0.15) is 0 Å². The number of nitrogens with one attached hydrogen (secondary N) is 1. The fraction of sp³-hybridized carbons (Fsp3) is 0.571. The van der Waals surface area contributed by atoms with E-state index in [0.717, 1.165) is 24.8 Å². The summed E-state index contributed by atoms with van der Waals surface area (Å²) >= 11 is 0. The molecule has 22 heavy (non-hydrogen) atoms. The van der Waals surface area contributed by atoms with Crippen molar-refractivity contribution in [1.82, 2.24) is 0 Å². The zero-order valence-corrected chi connectivity index (χ0v) is 14.5. The van der Waals surface area contributed by atoms with Crippen molar-refractivity contribution in [2.45, 2.75) is 32.6 Å². The van der Waals surface area contributed by atoms with Gasteiger partial charge in [0.2, 0.25) is 20.0 Å². The molecule has 0 saturated heterocycles. The van der Waals surface area contributed by atoms with Gasteiger partial charge in [-0.25, -0.2) is 16.8 Å². The molecule has 0 atom stereocenters. The lowest BCUT2D eigenvalue weighted by Crippen LogP contribution is -2.34. The first-order chi connectivity index (χ1) is 10.2. The number of hydrogen-bond donors (Lipinski definition) is 1. The zero-order chi connectivity index (χ0) is 16.4. The highest BCUT2D eigenvalue weighted by Gasteiger charge is 2.24. The highest BCUT2D eigenvalue weighted by Crippen LogP contribution is 2.32. The number of rotatable bonds is 6. The largest absolute Gasteiger partial charge is 0.283 e. The van der Waals surface area contributed by atoms with Gasteiger partial charge in [-0.15, -0.1) is 0 Å². The number of benzene rings is 1. The van der Waals surface area contributed by atoms with Crippen molar-refractivity contribution < 1.29 is 16.8 Å². The average molecular weight is 346 g/mol. The SMILES string of the molecule is CCCCS(=O)(=O)Nc1ccc2c(c1)N(S(C)(=O)=O)CCC2. The van der Waals surface area contributed by atoms with Gasteiger partial charge in [-0.1, -0.05) is 19.4 Å². The number of nitrogens with zero attached hydrogens (tertiary/aromatic N) is 1. The van der Waals surface area contributed by atoms with E-state index in [0.29, 0.717) is 24.3 Å². The van der Waals surface area contributed by atoms with Crippen molar-refractivity contribution in [1.29, 1.82) is 0 Å².